The third-order valence-corrected chi connectivity index (χ3v) is 6.64. The lowest BCUT2D eigenvalue weighted by Gasteiger charge is -2.26. The van der Waals surface area contributed by atoms with Crippen LogP contribution in [-0.2, 0) is 31.0 Å². The van der Waals surface area contributed by atoms with E-state index in [1.165, 1.54) is 21.3 Å². The summed E-state index contributed by atoms with van der Waals surface area (Å²) in [6.07, 6.45) is 12.0. The molecule has 0 N–H and O–H groups in total. The van der Waals surface area contributed by atoms with Gasteiger partial charge in [0.05, 0.1) is 21.3 Å². The topological polar surface area (TPSA) is 55.4 Å². The largest absolute Gasteiger partial charge is 0.497 e. The third kappa shape index (κ3) is 6.34. The SMILES string of the molecule is C#CC(C#CC(C#CC(C#C)(OC)c1ccc(OC)cc1)(OC)c1ccc(OC)cc1)(OC)c1ccc(OC)cc1. The zero-order valence-corrected chi connectivity index (χ0v) is 24.0. The molecular formula is C35H32O6. The van der Waals surface area contributed by atoms with Gasteiger partial charge in [-0.1, -0.05) is 48.2 Å². The zero-order valence-electron chi connectivity index (χ0n) is 24.0. The second kappa shape index (κ2) is 13.5. The summed E-state index contributed by atoms with van der Waals surface area (Å²) in [6.45, 7) is 0. The lowest BCUT2D eigenvalue weighted by Crippen LogP contribution is -2.30. The van der Waals surface area contributed by atoms with E-state index in [1.807, 2.05) is 0 Å². The number of benzene rings is 3. The third-order valence-electron chi connectivity index (χ3n) is 6.64. The first-order chi connectivity index (χ1) is 19.8. The van der Waals surface area contributed by atoms with Gasteiger partial charge in [0.15, 0.2) is 0 Å². The molecule has 0 amide bonds. The molecule has 0 aliphatic heterocycles. The fourth-order valence-corrected chi connectivity index (χ4v) is 4.06. The van der Waals surface area contributed by atoms with E-state index in [9.17, 15) is 0 Å². The average molecular weight is 549 g/mol. The number of hydrogen-bond donors (Lipinski definition) is 0. The van der Waals surface area contributed by atoms with Crippen LogP contribution in [0, 0.1) is 48.4 Å². The van der Waals surface area contributed by atoms with Crippen LogP contribution in [0.15, 0.2) is 72.8 Å². The van der Waals surface area contributed by atoms with Crippen LogP contribution in [0.4, 0.5) is 0 Å². The maximum absolute atomic E-state index is 6.03. The van der Waals surface area contributed by atoms with E-state index in [-0.39, 0.29) is 0 Å². The van der Waals surface area contributed by atoms with Gasteiger partial charge in [-0.3, -0.25) is 0 Å². The molecule has 2 atom stereocenters. The van der Waals surface area contributed by atoms with Gasteiger partial charge >= 0.3 is 0 Å². The molecule has 0 aliphatic carbocycles. The minimum atomic E-state index is -1.49. The first-order valence-electron chi connectivity index (χ1n) is 12.5. The molecule has 0 saturated carbocycles. The van der Waals surface area contributed by atoms with Gasteiger partial charge in [0, 0.05) is 38.0 Å². The predicted molar refractivity (Wildman–Crippen MR) is 158 cm³/mol. The number of methoxy groups -OCH3 is 6. The molecule has 0 spiro atoms. The van der Waals surface area contributed by atoms with Crippen molar-refractivity contribution in [3.63, 3.8) is 0 Å². The van der Waals surface area contributed by atoms with Crippen LogP contribution in [0.2, 0.25) is 0 Å². The van der Waals surface area contributed by atoms with Crippen molar-refractivity contribution >= 4 is 0 Å². The molecule has 6 nitrogen and oxygen atoms in total. The number of rotatable bonds is 9. The van der Waals surface area contributed by atoms with Crippen molar-refractivity contribution < 1.29 is 28.4 Å². The normalized spacial score (nSPS) is 14.5. The minimum absolute atomic E-state index is 0.620. The van der Waals surface area contributed by atoms with Crippen molar-refractivity contribution in [2.45, 2.75) is 16.8 Å². The predicted octanol–water partition coefficient (Wildman–Crippen LogP) is 4.91. The highest BCUT2D eigenvalue weighted by molar-refractivity contribution is 5.52. The molecule has 0 radical (unpaired) electrons. The second-order valence-corrected chi connectivity index (χ2v) is 8.63. The Bertz CT molecular complexity index is 1430. The Morgan fingerprint density at radius 2 is 0.659 bits per heavy atom. The van der Waals surface area contributed by atoms with E-state index in [4.69, 9.17) is 41.3 Å². The van der Waals surface area contributed by atoms with Crippen molar-refractivity contribution in [1.29, 1.82) is 0 Å². The number of terminal acetylenes is 2. The highest BCUT2D eigenvalue weighted by Gasteiger charge is 2.35. The maximum atomic E-state index is 6.03. The fraction of sp³-hybridized carbons (Fsp3) is 0.257. The van der Waals surface area contributed by atoms with Crippen LogP contribution in [0.1, 0.15) is 16.7 Å². The zero-order chi connectivity index (χ0) is 29.9. The highest BCUT2D eigenvalue weighted by atomic mass is 16.5. The summed E-state index contributed by atoms with van der Waals surface area (Å²) in [5.41, 5.74) is -2.43. The van der Waals surface area contributed by atoms with Crippen molar-refractivity contribution in [2.24, 2.45) is 0 Å². The molecule has 3 aromatic rings. The Hall–Kier alpha value is -4.82. The van der Waals surface area contributed by atoms with Crippen molar-refractivity contribution in [2.75, 3.05) is 42.7 Å². The van der Waals surface area contributed by atoms with Gasteiger partial charge in [-0.2, -0.15) is 0 Å². The molecule has 2 unspecified atom stereocenters. The van der Waals surface area contributed by atoms with E-state index in [2.05, 4.69) is 35.5 Å². The Balaban J connectivity index is 2.27. The summed E-state index contributed by atoms with van der Waals surface area (Å²) in [7, 11) is 9.24. The lowest BCUT2D eigenvalue weighted by atomic mass is 9.88. The summed E-state index contributed by atoms with van der Waals surface area (Å²) in [4.78, 5) is 0. The Morgan fingerprint density at radius 3 is 0.878 bits per heavy atom. The van der Waals surface area contributed by atoms with Crippen molar-refractivity contribution in [1.82, 2.24) is 0 Å². The average Bonchev–Trinajstić information content (AvgIpc) is 3.05. The molecule has 0 aliphatic rings. The molecule has 0 aromatic heterocycles. The van der Waals surface area contributed by atoms with Gasteiger partial charge < -0.3 is 28.4 Å². The Morgan fingerprint density at radius 1 is 0.415 bits per heavy atom. The number of hydrogen-bond acceptors (Lipinski definition) is 6. The highest BCUT2D eigenvalue weighted by Crippen LogP contribution is 2.32. The van der Waals surface area contributed by atoms with Crippen LogP contribution in [0.5, 0.6) is 17.2 Å². The van der Waals surface area contributed by atoms with Gasteiger partial charge in [-0.25, -0.2) is 0 Å². The van der Waals surface area contributed by atoms with Gasteiger partial charge in [0.1, 0.15) is 17.2 Å². The quantitative estimate of drug-likeness (QED) is 0.354. The van der Waals surface area contributed by atoms with E-state index >= 15 is 0 Å². The van der Waals surface area contributed by atoms with E-state index < -0.39 is 16.8 Å². The molecule has 3 aromatic carbocycles. The smallest absolute Gasteiger partial charge is 0.216 e. The van der Waals surface area contributed by atoms with Gasteiger partial charge in [0.2, 0.25) is 16.8 Å². The van der Waals surface area contributed by atoms with Crippen LogP contribution < -0.4 is 14.2 Å². The maximum Gasteiger partial charge on any atom is 0.216 e. The Labute approximate surface area is 242 Å². The van der Waals surface area contributed by atoms with Crippen LogP contribution >= 0.6 is 0 Å². The standard InChI is InChI=1S/C35H32O6/c1-9-33(39-6,27-11-17-30(36-3)18-12-27)23-25-35(41-8,29-15-21-32(38-5)22-16-29)26-24-34(10-2,40-7)28-13-19-31(37-4)20-14-28/h1-2,11-22H,3-8H3. The summed E-state index contributed by atoms with van der Waals surface area (Å²) >= 11 is 0. The number of ether oxygens (including phenoxy) is 6. The molecule has 0 fully saturated rings. The molecule has 41 heavy (non-hydrogen) atoms. The van der Waals surface area contributed by atoms with Crippen molar-refractivity contribution in [3.05, 3.63) is 89.5 Å². The Kier molecular flexibility index (Phi) is 10.1. The molecule has 208 valence electrons. The van der Waals surface area contributed by atoms with E-state index in [1.54, 1.807) is 94.1 Å². The van der Waals surface area contributed by atoms with Crippen LogP contribution in [-0.4, -0.2) is 42.7 Å². The van der Waals surface area contributed by atoms with E-state index in [0.29, 0.717) is 33.9 Å². The van der Waals surface area contributed by atoms with Gasteiger partial charge in [-0.15, -0.1) is 12.8 Å². The molecule has 0 heterocycles. The lowest BCUT2D eigenvalue weighted by molar-refractivity contribution is 0.0762. The van der Waals surface area contributed by atoms with Crippen LogP contribution in [0.25, 0.3) is 0 Å². The molecule has 0 bridgehead atoms. The molecule has 3 rings (SSSR count). The fourth-order valence-electron chi connectivity index (χ4n) is 4.06. The second-order valence-electron chi connectivity index (χ2n) is 8.63. The summed E-state index contributed by atoms with van der Waals surface area (Å²) in [5.74, 6) is 19.9. The van der Waals surface area contributed by atoms with Gasteiger partial charge in [-0.05, 0) is 60.1 Å². The van der Waals surface area contributed by atoms with Crippen LogP contribution in [0.3, 0.4) is 0 Å². The minimum Gasteiger partial charge on any atom is -0.497 e. The monoisotopic (exact) mass is 548 g/mol. The molecule has 6 heteroatoms. The molecular weight excluding hydrogens is 516 g/mol. The molecule has 0 saturated heterocycles. The first kappa shape index (κ1) is 30.7. The summed E-state index contributed by atoms with van der Waals surface area (Å²) < 4.78 is 33.5. The summed E-state index contributed by atoms with van der Waals surface area (Å²) in [5, 5.41) is 0. The summed E-state index contributed by atoms with van der Waals surface area (Å²) in [6, 6.07) is 21.5. The van der Waals surface area contributed by atoms with Crippen molar-refractivity contribution in [3.8, 4) is 65.6 Å². The van der Waals surface area contributed by atoms with Gasteiger partial charge in [0.25, 0.3) is 0 Å². The van der Waals surface area contributed by atoms with E-state index in [0.717, 1.165) is 0 Å². The first-order valence-corrected chi connectivity index (χ1v) is 12.5.